The zero-order valence-corrected chi connectivity index (χ0v) is 25.4. The van der Waals surface area contributed by atoms with Crippen molar-refractivity contribution in [1.82, 2.24) is 0 Å². The molecule has 1 aromatic heterocycles. The Bertz CT molecular complexity index is 4850. The van der Waals surface area contributed by atoms with Crippen molar-refractivity contribution in [3.05, 3.63) is 181 Å². The van der Waals surface area contributed by atoms with E-state index >= 15 is 0 Å². The Morgan fingerprint density at radius 3 is 1.59 bits per heavy atom. The average molecular weight is 677 g/mol. The summed E-state index contributed by atoms with van der Waals surface area (Å²) in [7, 11) is 0. The standard InChI is InChI=1S/C50H30O/c1-2-15-34-30-35(25-24-31(34)12-1)46-38-18-7-9-20-40(38)48(41-21-10-8-19-39(41)46)42-28-26-32-13-3-5-16-36(32)47(42)43-22-11-23-44-49-37-17-6-4-14-33(37)27-29-45(49)51-50(43)44/h1-30H/i1D,2D,3D,4D,5D,6D,7D,8D,9D,10D,11D,12D,13D,14D,15D,16D,17D,18D,19D,20D,21D,22D,23D,24D,25D,26D,27D,28D,29D,30D. The van der Waals surface area contributed by atoms with Crippen molar-refractivity contribution in [3.8, 4) is 33.4 Å². The first kappa shape index (κ1) is 11.7. The average Bonchev–Trinajstić information content (AvgIpc) is 1.99. The molecule has 0 unspecified atom stereocenters. The van der Waals surface area contributed by atoms with Crippen LogP contribution in [0.15, 0.2) is 186 Å². The van der Waals surface area contributed by atoms with Crippen LogP contribution in [0.3, 0.4) is 0 Å². The Labute approximate surface area is 336 Å². The van der Waals surface area contributed by atoms with E-state index in [1.165, 1.54) is 0 Å². The number of rotatable bonds is 3. The molecule has 0 amide bonds. The number of hydrogen-bond acceptors (Lipinski definition) is 1. The topological polar surface area (TPSA) is 13.1 Å². The Hall–Kier alpha value is -6.70. The summed E-state index contributed by atoms with van der Waals surface area (Å²) in [6.45, 7) is 0. The van der Waals surface area contributed by atoms with Crippen LogP contribution in [-0.4, -0.2) is 0 Å². The zero-order chi connectivity index (χ0) is 59.6. The van der Waals surface area contributed by atoms with Crippen molar-refractivity contribution < 1.29 is 45.5 Å². The van der Waals surface area contributed by atoms with E-state index in [-0.39, 0.29) is 0 Å². The van der Waals surface area contributed by atoms with E-state index in [2.05, 4.69) is 0 Å². The third-order valence-corrected chi connectivity index (χ3v) is 8.62. The van der Waals surface area contributed by atoms with Crippen LogP contribution in [0.5, 0.6) is 0 Å². The summed E-state index contributed by atoms with van der Waals surface area (Å²) in [4.78, 5) is 0. The van der Waals surface area contributed by atoms with E-state index in [0.717, 1.165) is 0 Å². The van der Waals surface area contributed by atoms with Crippen molar-refractivity contribution in [2.75, 3.05) is 0 Å². The van der Waals surface area contributed by atoms with Gasteiger partial charge in [0.15, 0.2) is 0 Å². The molecule has 0 aliphatic rings. The minimum absolute atomic E-state index is 0.474. The van der Waals surface area contributed by atoms with Crippen LogP contribution in [0.4, 0.5) is 0 Å². The van der Waals surface area contributed by atoms with Gasteiger partial charge >= 0.3 is 0 Å². The van der Waals surface area contributed by atoms with Crippen LogP contribution in [-0.2, 0) is 0 Å². The maximum Gasteiger partial charge on any atom is 0.143 e. The third-order valence-electron chi connectivity index (χ3n) is 8.62. The van der Waals surface area contributed by atoms with Crippen LogP contribution >= 0.6 is 0 Å². The Balaban J connectivity index is 1.52. The van der Waals surface area contributed by atoms with E-state index in [1.807, 2.05) is 0 Å². The molecule has 0 bridgehead atoms. The second kappa shape index (κ2) is 10.9. The maximum atomic E-state index is 10.0. The van der Waals surface area contributed by atoms with Gasteiger partial charge in [-0.05, 0) is 88.2 Å². The highest BCUT2D eigenvalue weighted by atomic mass is 16.3. The molecule has 0 atom stereocenters. The molecule has 11 aromatic rings. The molecule has 0 aliphatic carbocycles. The number of hydrogen-bond donors (Lipinski definition) is 0. The van der Waals surface area contributed by atoms with Crippen molar-refractivity contribution in [3.63, 3.8) is 0 Å². The maximum absolute atomic E-state index is 10.0. The van der Waals surface area contributed by atoms with Crippen LogP contribution in [0, 0.1) is 0 Å². The second-order valence-electron chi connectivity index (χ2n) is 11.3. The second-order valence-corrected chi connectivity index (χ2v) is 11.3. The van der Waals surface area contributed by atoms with Gasteiger partial charge in [0.1, 0.15) is 11.2 Å². The monoisotopic (exact) mass is 676 g/mol. The Morgan fingerprint density at radius 1 is 0.333 bits per heavy atom. The molecule has 0 spiro atoms. The normalized spacial score (nSPS) is 20.2. The molecule has 0 N–H and O–H groups in total. The molecule has 11 rings (SSSR count). The molecule has 0 fully saturated rings. The van der Waals surface area contributed by atoms with E-state index < -0.39 is 290 Å². The quantitative estimate of drug-likeness (QED) is 0.170. The summed E-state index contributed by atoms with van der Waals surface area (Å²) in [6.07, 6.45) is 0. The molecule has 1 nitrogen and oxygen atoms in total. The number of fused-ring (bicyclic) bond motifs is 9. The van der Waals surface area contributed by atoms with Crippen LogP contribution in [0.25, 0.3) is 109 Å². The zero-order valence-electron chi connectivity index (χ0n) is 55.4. The summed E-state index contributed by atoms with van der Waals surface area (Å²) in [5.41, 5.74) is -6.55. The van der Waals surface area contributed by atoms with E-state index in [9.17, 15) is 16.4 Å². The largest absolute Gasteiger partial charge is 0.455 e. The minimum Gasteiger partial charge on any atom is -0.455 e. The van der Waals surface area contributed by atoms with Crippen LogP contribution < -0.4 is 0 Å². The van der Waals surface area contributed by atoms with Gasteiger partial charge in [0, 0.05) is 21.9 Å². The van der Waals surface area contributed by atoms with Crippen LogP contribution in [0.2, 0.25) is 0 Å². The van der Waals surface area contributed by atoms with Crippen LogP contribution in [0.1, 0.15) is 41.1 Å². The highest BCUT2D eigenvalue weighted by molar-refractivity contribution is 6.26. The van der Waals surface area contributed by atoms with Crippen molar-refractivity contribution in [2.24, 2.45) is 0 Å². The van der Waals surface area contributed by atoms with Gasteiger partial charge < -0.3 is 4.42 Å². The first-order valence-electron chi connectivity index (χ1n) is 30.2. The van der Waals surface area contributed by atoms with E-state index in [0.29, 0.717) is 0 Å². The fourth-order valence-electron chi connectivity index (χ4n) is 6.53. The van der Waals surface area contributed by atoms with Crippen molar-refractivity contribution in [1.29, 1.82) is 0 Å². The number of furan rings is 1. The third kappa shape index (κ3) is 4.16. The Morgan fingerprint density at radius 2 is 0.863 bits per heavy atom. The SMILES string of the molecule is [2H]c1c([2H])c([2H])c2c(oc3c([2H])c([2H])c4c([2H])c([2H])c([2H])c([2H])c4c32)c1-c1c(-c2c3c([2H])c([2H])c([2H])c([2H])c3c(-c3c([2H])c([2H])c4c([2H])c([2H])c([2H])c([2H])c4c3[2H])c3c([2H])c([2H])c([2H])c([2H])c23)c([2H])c([2H])c2c([2H])c([2H])c([2H])c([2H])c12. The molecule has 51 heavy (non-hydrogen) atoms. The summed E-state index contributed by atoms with van der Waals surface area (Å²) >= 11 is 0. The summed E-state index contributed by atoms with van der Waals surface area (Å²) < 4.78 is 281. The van der Waals surface area contributed by atoms with Gasteiger partial charge in [-0.1, -0.05) is 169 Å². The van der Waals surface area contributed by atoms with E-state index in [4.69, 9.17) is 29.1 Å². The van der Waals surface area contributed by atoms with Gasteiger partial charge in [0.2, 0.25) is 0 Å². The van der Waals surface area contributed by atoms with Gasteiger partial charge in [-0.15, -0.1) is 0 Å². The smallest absolute Gasteiger partial charge is 0.143 e. The van der Waals surface area contributed by atoms with Gasteiger partial charge in [-0.3, -0.25) is 0 Å². The van der Waals surface area contributed by atoms with Crippen molar-refractivity contribution in [2.45, 2.75) is 0 Å². The molecule has 1 heteroatoms. The molecule has 1 heterocycles. The molecule has 0 radical (unpaired) electrons. The lowest BCUT2D eigenvalue weighted by molar-refractivity contribution is 0.670. The Kier molecular flexibility index (Phi) is 2.50. The van der Waals surface area contributed by atoms with Gasteiger partial charge in [-0.25, -0.2) is 0 Å². The molecular formula is C50H30O. The summed E-state index contributed by atoms with van der Waals surface area (Å²) in [5.74, 6) is 0. The first-order chi connectivity index (χ1) is 37.8. The lowest BCUT2D eigenvalue weighted by Crippen LogP contribution is -1.94. The molecule has 0 saturated heterocycles. The lowest BCUT2D eigenvalue weighted by Gasteiger charge is -2.21. The predicted molar refractivity (Wildman–Crippen MR) is 218 cm³/mol. The highest BCUT2D eigenvalue weighted by Gasteiger charge is 2.23. The van der Waals surface area contributed by atoms with Crippen molar-refractivity contribution >= 4 is 75.8 Å². The molecule has 236 valence electrons. The van der Waals surface area contributed by atoms with Gasteiger partial charge in [0.05, 0.1) is 41.1 Å². The first-order valence-corrected chi connectivity index (χ1v) is 15.2. The summed E-state index contributed by atoms with van der Waals surface area (Å²) in [5, 5.41) is -8.32. The molecule has 0 saturated carbocycles. The fourth-order valence-corrected chi connectivity index (χ4v) is 6.53. The lowest BCUT2D eigenvalue weighted by atomic mass is 9.82. The minimum atomic E-state index is -1.14. The van der Waals surface area contributed by atoms with Gasteiger partial charge in [-0.2, -0.15) is 0 Å². The van der Waals surface area contributed by atoms with Gasteiger partial charge in [0.25, 0.3) is 0 Å². The molecule has 10 aromatic carbocycles. The number of benzene rings is 10. The molecule has 0 aliphatic heterocycles. The predicted octanol–water partition coefficient (Wildman–Crippen LogP) is 14.4. The molecular weight excluding hydrogens is 617 g/mol. The highest BCUT2D eigenvalue weighted by Crippen LogP contribution is 2.50. The fraction of sp³-hybridized carbons (Fsp3) is 0. The number of para-hydroxylation sites is 1. The summed E-state index contributed by atoms with van der Waals surface area (Å²) in [6, 6.07) is -29.2. The van der Waals surface area contributed by atoms with E-state index in [1.54, 1.807) is 0 Å².